The molecule has 6 nitrogen and oxygen atoms in total. The molecule has 0 bridgehead atoms. The van der Waals surface area contributed by atoms with Crippen molar-refractivity contribution in [1.82, 2.24) is 0 Å². The van der Waals surface area contributed by atoms with Gasteiger partial charge in [0, 0.05) is 24.7 Å². The summed E-state index contributed by atoms with van der Waals surface area (Å²) >= 11 is 0. The first-order valence-corrected chi connectivity index (χ1v) is 8.20. The summed E-state index contributed by atoms with van der Waals surface area (Å²) in [6.45, 7) is 0. The number of rotatable bonds is 6. The maximum absolute atomic E-state index is 12.2. The lowest BCUT2D eigenvalue weighted by atomic mass is 9.77. The Kier molecular flexibility index (Phi) is 5.91. The van der Waals surface area contributed by atoms with Gasteiger partial charge in [0.25, 0.3) is 0 Å². The topological polar surface area (TPSA) is 86.7 Å². The van der Waals surface area contributed by atoms with Gasteiger partial charge < -0.3 is 9.47 Å². The van der Waals surface area contributed by atoms with E-state index in [2.05, 4.69) is 0 Å². The van der Waals surface area contributed by atoms with Crippen molar-refractivity contribution in [3.63, 3.8) is 0 Å². The van der Waals surface area contributed by atoms with Crippen LogP contribution in [0, 0.1) is 23.7 Å². The van der Waals surface area contributed by atoms with E-state index < -0.39 is 35.6 Å². The van der Waals surface area contributed by atoms with Gasteiger partial charge in [-0.3, -0.25) is 19.2 Å². The molecule has 128 valence electrons. The van der Waals surface area contributed by atoms with Gasteiger partial charge in [-0.2, -0.15) is 0 Å². The first kappa shape index (κ1) is 17.6. The summed E-state index contributed by atoms with van der Waals surface area (Å²) < 4.78 is 9.70. The fourth-order valence-corrected chi connectivity index (χ4v) is 3.96. The minimum Gasteiger partial charge on any atom is -0.469 e. The minimum atomic E-state index is -0.674. The van der Waals surface area contributed by atoms with E-state index in [1.165, 1.54) is 14.2 Å². The van der Waals surface area contributed by atoms with Crippen LogP contribution in [0.5, 0.6) is 0 Å². The van der Waals surface area contributed by atoms with E-state index in [1.54, 1.807) is 0 Å². The summed E-state index contributed by atoms with van der Waals surface area (Å²) in [5.74, 6) is -3.05. The molecule has 0 N–H and O–H groups in total. The van der Waals surface area contributed by atoms with Crippen LogP contribution < -0.4 is 0 Å². The largest absolute Gasteiger partial charge is 0.469 e. The van der Waals surface area contributed by atoms with Crippen LogP contribution in [0.15, 0.2) is 0 Å². The van der Waals surface area contributed by atoms with Crippen molar-refractivity contribution >= 4 is 23.5 Å². The maximum atomic E-state index is 12.2. The van der Waals surface area contributed by atoms with Gasteiger partial charge in [-0.15, -0.1) is 0 Å². The zero-order valence-electron chi connectivity index (χ0n) is 13.7. The minimum absolute atomic E-state index is 0.0433. The number of hydrogen-bond donors (Lipinski definition) is 0. The lowest BCUT2D eigenvalue weighted by Crippen LogP contribution is -2.36. The van der Waals surface area contributed by atoms with E-state index in [-0.39, 0.29) is 18.0 Å². The Morgan fingerprint density at radius 1 is 0.913 bits per heavy atom. The molecule has 0 amide bonds. The van der Waals surface area contributed by atoms with Gasteiger partial charge in [0.1, 0.15) is 11.6 Å². The zero-order valence-corrected chi connectivity index (χ0v) is 13.7. The third kappa shape index (κ3) is 3.79. The van der Waals surface area contributed by atoms with E-state index in [0.29, 0.717) is 25.7 Å². The molecule has 0 aromatic rings. The van der Waals surface area contributed by atoms with Gasteiger partial charge >= 0.3 is 11.9 Å². The molecule has 4 atom stereocenters. The summed E-state index contributed by atoms with van der Waals surface area (Å²) in [6, 6.07) is 0. The number of carbonyl (C=O) groups excluding carboxylic acids is 4. The zero-order chi connectivity index (χ0) is 17.0. The van der Waals surface area contributed by atoms with Gasteiger partial charge in [0.05, 0.1) is 26.1 Å². The SMILES string of the molecule is COC(=O)[C@@H](C[C@H](C(=O)OC)[C@H]1CCCC1=O)[C@@H]1CCCC1=O. The molecular formula is C17H24O6. The molecule has 2 fully saturated rings. The molecule has 0 heterocycles. The summed E-state index contributed by atoms with van der Waals surface area (Å²) in [7, 11) is 2.56. The molecule has 0 radical (unpaired) electrons. The van der Waals surface area contributed by atoms with Crippen molar-refractivity contribution in [2.24, 2.45) is 23.7 Å². The molecule has 2 rings (SSSR count). The Bertz CT molecular complexity index is 453. The van der Waals surface area contributed by atoms with E-state index in [0.717, 1.165) is 12.8 Å². The molecule has 0 aromatic carbocycles. The Balaban J connectivity index is 2.22. The first-order chi connectivity index (χ1) is 11.0. The number of ether oxygens (including phenoxy) is 2. The number of esters is 2. The van der Waals surface area contributed by atoms with Crippen LogP contribution in [0.25, 0.3) is 0 Å². The Morgan fingerprint density at radius 3 is 1.57 bits per heavy atom. The van der Waals surface area contributed by atoms with Crippen LogP contribution in [0.4, 0.5) is 0 Å². The van der Waals surface area contributed by atoms with Gasteiger partial charge in [0.15, 0.2) is 0 Å². The van der Waals surface area contributed by atoms with Crippen molar-refractivity contribution in [3.05, 3.63) is 0 Å². The second kappa shape index (κ2) is 7.70. The van der Waals surface area contributed by atoms with Gasteiger partial charge in [-0.25, -0.2) is 0 Å². The molecule has 23 heavy (non-hydrogen) atoms. The number of hydrogen-bond acceptors (Lipinski definition) is 6. The number of methoxy groups -OCH3 is 2. The predicted molar refractivity (Wildman–Crippen MR) is 80.3 cm³/mol. The molecule has 0 aromatic heterocycles. The summed E-state index contributed by atoms with van der Waals surface area (Å²) in [6.07, 6.45) is 3.83. The molecule has 0 aliphatic heterocycles. The Labute approximate surface area is 135 Å². The molecule has 6 heteroatoms. The van der Waals surface area contributed by atoms with Gasteiger partial charge in [-0.05, 0) is 32.1 Å². The van der Waals surface area contributed by atoms with Crippen LogP contribution in [0.1, 0.15) is 44.9 Å². The lowest BCUT2D eigenvalue weighted by Gasteiger charge is -2.26. The number of ketones is 2. The molecule has 2 saturated carbocycles. The summed E-state index contributed by atoms with van der Waals surface area (Å²) in [5.41, 5.74) is 0. The predicted octanol–water partition coefficient (Wildman–Crippen LogP) is 1.69. The van der Waals surface area contributed by atoms with E-state index in [4.69, 9.17) is 9.47 Å². The second-order valence-corrected chi connectivity index (χ2v) is 6.43. The fourth-order valence-electron chi connectivity index (χ4n) is 3.96. The quantitative estimate of drug-likeness (QED) is 0.691. The van der Waals surface area contributed by atoms with Crippen LogP contribution in [-0.4, -0.2) is 37.7 Å². The molecular weight excluding hydrogens is 300 g/mol. The van der Waals surface area contributed by atoms with E-state index in [9.17, 15) is 19.2 Å². The molecule has 0 unspecified atom stereocenters. The maximum Gasteiger partial charge on any atom is 0.309 e. The molecule has 0 spiro atoms. The van der Waals surface area contributed by atoms with Crippen LogP contribution >= 0.6 is 0 Å². The van der Waals surface area contributed by atoms with E-state index in [1.807, 2.05) is 0 Å². The Morgan fingerprint density at radius 2 is 1.30 bits per heavy atom. The Hall–Kier alpha value is -1.72. The average Bonchev–Trinajstić information content (AvgIpc) is 3.16. The lowest BCUT2D eigenvalue weighted by molar-refractivity contribution is -0.155. The van der Waals surface area contributed by atoms with Crippen molar-refractivity contribution in [2.45, 2.75) is 44.9 Å². The van der Waals surface area contributed by atoms with Gasteiger partial charge in [0.2, 0.25) is 0 Å². The molecule has 0 saturated heterocycles. The molecule has 2 aliphatic rings. The van der Waals surface area contributed by atoms with Crippen molar-refractivity contribution in [3.8, 4) is 0 Å². The third-order valence-electron chi connectivity index (χ3n) is 5.19. The molecule has 2 aliphatic carbocycles. The number of carbonyl (C=O) groups is 4. The summed E-state index contributed by atoms with van der Waals surface area (Å²) in [4.78, 5) is 48.5. The highest BCUT2D eigenvalue weighted by Crippen LogP contribution is 2.38. The van der Waals surface area contributed by atoms with Crippen molar-refractivity contribution < 1.29 is 28.7 Å². The van der Waals surface area contributed by atoms with Crippen molar-refractivity contribution in [2.75, 3.05) is 14.2 Å². The van der Waals surface area contributed by atoms with Gasteiger partial charge in [-0.1, -0.05) is 0 Å². The van der Waals surface area contributed by atoms with Crippen molar-refractivity contribution in [1.29, 1.82) is 0 Å². The number of Topliss-reactive ketones (excluding diaryl/α,β-unsaturated/α-hetero) is 2. The average molecular weight is 324 g/mol. The normalized spacial score (nSPS) is 26.9. The standard InChI is InChI=1S/C17H24O6/c1-22-16(20)12(10-5-3-7-14(10)18)9-13(17(21)23-2)11-6-4-8-15(11)19/h10-13H,3-9H2,1-2H3/t10-,11+,12-,13-/m0/s1. The van der Waals surface area contributed by atoms with Crippen LogP contribution in [0.2, 0.25) is 0 Å². The van der Waals surface area contributed by atoms with E-state index >= 15 is 0 Å². The highest BCUT2D eigenvalue weighted by Gasteiger charge is 2.44. The summed E-state index contributed by atoms with van der Waals surface area (Å²) in [5, 5.41) is 0. The highest BCUT2D eigenvalue weighted by molar-refractivity contribution is 5.90. The fraction of sp³-hybridized carbons (Fsp3) is 0.765. The smallest absolute Gasteiger partial charge is 0.309 e. The monoisotopic (exact) mass is 324 g/mol. The van der Waals surface area contributed by atoms with Crippen LogP contribution in [-0.2, 0) is 28.7 Å². The highest BCUT2D eigenvalue weighted by atomic mass is 16.5. The third-order valence-corrected chi connectivity index (χ3v) is 5.19. The first-order valence-electron chi connectivity index (χ1n) is 8.20. The van der Waals surface area contributed by atoms with Crippen LogP contribution in [0.3, 0.4) is 0 Å². The second-order valence-electron chi connectivity index (χ2n) is 6.43.